The molecule has 1 N–H and O–H groups in total. The van der Waals surface area contributed by atoms with Gasteiger partial charge in [0.15, 0.2) is 0 Å². The minimum atomic E-state index is -4.45. The van der Waals surface area contributed by atoms with Crippen LogP contribution in [0.25, 0.3) is 10.9 Å². The number of carbonyl (C=O) groups is 1. The van der Waals surface area contributed by atoms with Crippen LogP contribution in [0.5, 0.6) is 0 Å². The highest BCUT2D eigenvalue weighted by molar-refractivity contribution is 7.89. The largest absolute Gasteiger partial charge is 0.481 e. The highest BCUT2D eigenvalue weighted by atomic mass is 32.2. The van der Waals surface area contributed by atoms with E-state index in [1.165, 1.54) is 0 Å². The lowest BCUT2D eigenvalue weighted by molar-refractivity contribution is -0.136. The van der Waals surface area contributed by atoms with Crippen molar-refractivity contribution >= 4 is 26.9 Å². The second-order valence-corrected chi connectivity index (χ2v) is 8.89. The van der Waals surface area contributed by atoms with Gasteiger partial charge < -0.3 is 9.67 Å². The second-order valence-electron chi connectivity index (χ2n) is 7.07. The summed E-state index contributed by atoms with van der Waals surface area (Å²) in [6.07, 6.45) is 0.361. The molecule has 4 rings (SSSR count). The molecule has 6 nitrogen and oxygen atoms in total. The van der Waals surface area contributed by atoms with Crippen molar-refractivity contribution in [1.82, 2.24) is 8.87 Å². The number of aliphatic carboxylic acids is 1. The lowest BCUT2D eigenvalue weighted by atomic mass is 10.0. The second kappa shape index (κ2) is 7.27. The summed E-state index contributed by atoms with van der Waals surface area (Å²) in [7, 11) is -4.45. The van der Waals surface area contributed by atoms with E-state index in [1.54, 1.807) is 18.2 Å². The van der Waals surface area contributed by atoms with Crippen LogP contribution in [0.1, 0.15) is 21.8 Å². The van der Waals surface area contributed by atoms with Crippen LogP contribution < -0.4 is 0 Å². The first-order valence-electron chi connectivity index (χ1n) is 10.6. The molecule has 0 aliphatic carbocycles. The van der Waals surface area contributed by atoms with Crippen LogP contribution in [0, 0.1) is 5.82 Å². The van der Waals surface area contributed by atoms with Crippen LogP contribution in [0.2, 0.25) is 0 Å². The van der Waals surface area contributed by atoms with Crippen molar-refractivity contribution in [1.29, 1.82) is 0 Å². The number of carboxylic acids is 1. The Morgan fingerprint density at radius 2 is 2.00 bits per heavy atom. The predicted molar refractivity (Wildman–Crippen MR) is 107 cm³/mol. The first-order valence-corrected chi connectivity index (χ1v) is 10.5. The molecule has 152 valence electrons. The molecular weight excluding hydrogens is 395 g/mol. The zero-order valence-electron chi connectivity index (χ0n) is 18.4. The van der Waals surface area contributed by atoms with Crippen molar-refractivity contribution in [2.75, 3.05) is 6.98 Å². The van der Waals surface area contributed by atoms with Crippen LogP contribution in [-0.4, -0.2) is 41.4 Å². The maximum Gasteiger partial charge on any atom is 0.307 e. The van der Waals surface area contributed by atoms with Gasteiger partial charge in [-0.3, -0.25) is 4.79 Å². The van der Waals surface area contributed by atoms with E-state index in [0.717, 1.165) is 40.9 Å². The number of sulfonamides is 1. The summed E-state index contributed by atoms with van der Waals surface area (Å²) in [6.45, 7) is -2.89. The number of halogens is 1. The number of hydrogen-bond donors (Lipinski definition) is 1. The molecule has 1 aliphatic rings. The van der Waals surface area contributed by atoms with Crippen molar-refractivity contribution in [3.8, 4) is 0 Å². The molecule has 2 aromatic carbocycles. The molecule has 0 radical (unpaired) electrons. The van der Waals surface area contributed by atoms with Crippen LogP contribution in [0.3, 0.4) is 0 Å². The minimum absolute atomic E-state index is 0.0638. The van der Waals surface area contributed by atoms with E-state index in [1.807, 2.05) is 10.6 Å². The van der Waals surface area contributed by atoms with Crippen molar-refractivity contribution < 1.29 is 26.8 Å². The zero-order valence-corrected chi connectivity index (χ0v) is 16.2. The highest BCUT2D eigenvalue weighted by Gasteiger charge is 2.33. The number of nitrogens with zero attached hydrogens (tertiary/aromatic N) is 2. The van der Waals surface area contributed by atoms with Crippen LogP contribution in [-0.2, 0) is 34.2 Å². The van der Waals surface area contributed by atoms with E-state index in [4.69, 9.17) is 4.11 Å². The number of rotatable bonds is 5. The molecule has 0 bridgehead atoms. The fourth-order valence-corrected chi connectivity index (χ4v) is 5.26. The fraction of sp³-hybridized carbons (Fsp3) is 0.286. The number of benzene rings is 2. The Kier molecular flexibility index (Phi) is 4.05. The topological polar surface area (TPSA) is 79.6 Å². The van der Waals surface area contributed by atoms with Crippen molar-refractivity contribution in [2.45, 2.75) is 36.7 Å². The number of aromatic nitrogens is 1. The highest BCUT2D eigenvalue weighted by Crippen LogP contribution is 2.33. The standard InChI is InChI=1S/C21H21FN2O4S/c1-23(29(27,28)16-9-6-14(22)7-10-16)15-8-11-20-18(12-21(25)26)17-4-2-3-5-19(17)24(20)13-15/h2-7,9-10,15H,8,11-13H2,1H3,(H,25,26)/t15-/m1/s1/i1T3. The van der Waals surface area contributed by atoms with Gasteiger partial charge in [0.25, 0.3) is 0 Å². The Bertz CT molecular complexity index is 1290. The smallest absolute Gasteiger partial charge is 0.307 e. The first-order chi connectivity index (χ1) is 15.0. The van der Waals surface area contributed by atoms with Gasteiger partial charge in [-0.2, -0.15) is 4.31 Å². The third kappa shape index (κ3) is 3.42. The summed E-state index contributed by atoms with van der Waals surface area (Å²) in [4.78, 5) is 11.1. The number of likely N-dealkylation sites (N-methyl/N-ethyl adjacent to an activating group) is 1. The van der Waals surface area contributed by atoms with Crippen LogP contribution >= 0.6 is 0 Å². The van der Waals surface area contributed by atoms with E-state index < -0.39 is 34.8 Å². The first kappa shape index (κ1) is 16.1. The van der Waals surface area contributed by atoms with Gasteiger partial charge in [0.1, 0.15) is 5.82 Å². The van der Waals surface area contributed by atoms with E-state index in [-0.39, 0.29) is 24.3 Å². The van der Waals surface area contributed by atoms with E-state index in [2.05, 4.69) is 0 Å². The lowest BCUT2D eigenvalue weighted by Gasteiger charge is -2.32. The zero-order chi connectivity index (χ0) is 23.3. The number of fused-ring (bicyclic) bond motifs is 3. The van der Waals surface area contributed by atoms with Gasteiger partial charge in [0, 0.05) is 40.3 Å². The van der Waals surface area contributed by atoms with Gasteiger partial charge >= 0.3 is 5.97 Å². The molecule has 3 aromatic rings. The van der Waals surface area contributed by atoms with Gasteiger partial charge in [0.05, 0.1) is 11.3 Å². The SMILES string of the molecule is [3H]C([3H])([3H])N([C@@H]1CCc2c(CC(=O)O)c3ccccc3n2C1)S(=O)(=O)c1ccc(F)cc1. The molecule has 0 saturated heterocycles. The molecule has 0 amide bonds. The maximum atomic E-state index is 13.3. The Morgan fingerprint density at radius 1 is 1.28 bits per heavy atom. The summed E-state index contributed by atoms with van der Waals surface area (Å²) in [6, 6.07) is 10.4. The third-order valence-electron chi connectivity index (χ3n) is 5.33. The molecule has 1 aromatic heterocycles. The average Bonchev–Trinajstić information content (AvgIpc) is 3.00. The Labute approximate surface area is 172 Å². The predicted octanol–water partition coefficient (Wildman–Crippen LogP) is 3.04. The van der Waals surface area contributed by atoms with Crippen molar-refractivity contribution in [3.05, 3.63) is 65.6 Å². The molecular formula is C21H21FN2O4S. The Hall–Kier alpha value is -2.71. The van der Waals surface area contributed by atoms with Crippen LogP contribution in [0.15, 0.2) is 53.4 Å². The van der Waals surface area contributed by atoms with Crippen molar-refractivity contribution in [2.24, 2.45) is 0 Å². The van der Waals surface area contributed by atoms with Crippen LogP contribution in [0.4, 0.5) is 4.39 Å². The third-order valence-corrected chi connectivity index (χ3v) is 7.02. The summed E-state index contributed by atoms with van der Waals surface area (Å²) in [5.41, 5.74) is 2.16. The Morgan fingerprint density at radius 3 is 2.69 bits per heavy atom. The summed E-state index contributed by atoms with van der Waals surface area (Å²) in [5, 5.41) is 10.1. The van der Waals surface area contributed by atoms with Gasteiger partial charge in [-0.1, -0.05) is 18.2 Å². The number of para-hydroxylation sites is 1. The monoisotopic (exact) mass is 422 g/mol. The van der Waals surface area contributed by atoms with E-state index in [0.29, 0.717) is 16.3 Å². The molecule has 0 unspecified atom stereocenters. The van der Waals surface area contributed by atoms with Gasteiger partial charge in [-0.25, -0.2) is 12.8 Å². The molecule has 1 atom stereocenters. The van der Waals surface area contributed by atoms with Gasteiger partial charge in [-0.15, -0.1) is 0 Å². The van der Waals surface area contributed by atoms with Crippen molar-refractivity contribution in [3.63, 3.8) is 0 Å². The normalized spacial score (nSPS) is 18.8. The van der Waals surface area contributed by atoms with E-state index in [9.17, 15) is 22.7 Å². The molecule has 0 saturated carbocycles. The number of carboxylic acid groups (broad SMARTS) is 1. The summed E-state index contributed by atoms with van der Waals surface area (Å²) >= 11 is 0. The Balaban J connectivity index is 1.79. The molecule has 0 fully saturated rings. The van der Waals surface area contributed by atoms with Gasteiger partial charge in [0.2, 0.25) is 10.0 Å². The minimum Gasteiger partial charge on any atom is -0.481 e. The molecule has 1 aliphatic heterocycles. The maximum absolute atomic E-state index is 13.3. The fourth-order valence-electron chi connectivity index (χ4n) is 3.98. The lowest BCUT2D eigenvalue weighted by Crippen LogP contribution is -2.42. The molecule has 0 spiro atoms. The van der Waals surface area contributed by atoms with E-state index >= 15 is 0 Å². The summed E-state index contributed by atoms with van der Waals surface area (Å²) in [5.74, 6) is -1.61. The average molecular weight is 422 g/mol. The molecule has 2 heterocycles. The summed E-state index contributed by atoms with van der Waals surface area (Å²) < 4.78 is 66.0. The number of hydrogen-bond acceptors (Lipinski definition) is 3. The molecule has 29 heavy (non-hydrogen) atoms. The van der Waals surface area contributed by atoms with Gasteiger partial charge in [-0.05, 0) is 48.7 Å². The molecule has 8 heteroatoms. The quantitative estimate of drug-likeness (QED) is 0.685.